The van der Waals surface area contributed by atoms with E-state index in [1.807, 2.05) is 103 Å². The molecule has 0 aliphatic rings. The SMILES string of the molecule is C=CCc1ccc(P(=O)(c2ccc(F)cc2)c2ccc(-c3ccc(P(=O)(c4ccc(F)cc4)c4ccc(F)cc4)c4ccccc34)c3ccccc23)cc1. The number of hydrogen-bond donors (Lipinski definition) is 0. The average Bonchev–Trinajstić information content (AvgIpc) is 3.21. The van der Waals surface area contributed by atoms with Crippen molar-refractivity contribution in [3.8, 4) is 11.1 Å². The summed E-state index contributed by atoms with van der Waals surface area (Å²) in [5, 5.41) is 6.39. The third-order valence-electron chi connectivity index (χ3n) is 10.0. The molecule has 2 nitrogen and oxygen atoms in total. The van der Waals surface area contributed by atoms with Gasteiger partial charge in [-0.25, -0.2) is 13.2 Å². The van der Waals surface area contributed by atoms with Gasteiger partial charge in [-0.05, 0) is 130 Å². The Hall–Kier alpha value is -5.73. The third kappa shape index (κ3) is 6.04. The van der Waals surface area contributed by atoms with Crippen molar-refractivity contribution < 1.29 is 22.3 Å². The fraction of sp³-hybridized carbons (Fsp3) is 0.0213. The first-order valence-electron chi connectivity index (χ1n) is 17.5. The van der Waals surface area contributed by atoms with Gasteiger partial charge in [0.1, 0.15) is 17.5 Å². The van der Waals surface area contributed by atoms with Crippen LogP contribution < -0.4 is 31.8 Å². The molecule has 0 saturated carbocycles. The van der Waals surface area contributed by atoms with Crippen LogP contribution in [0.4, 0.5) is 13.2 Å². The van der Waals surface area contributed by atoms with Crippen molar-refractivity contribution in [2.75, 3.05) is 0 Å². The lowest BCUT2D eigenvalue weighted by molar-refractivity contribution is 0.591. The lowest BCUT2D eigenvalue weighted by atomic mass is 9.94. The van der Waals surface area contributed by atoms with E-state index in [0.717, 1.165) is 38.2 Å². The van der Waals surface area contributed by atoms with Crippen molar-refractivity contribution in [2.45, 2.75) is 6.42 Å². The molecular formula is C47H33F3O2P2. The second kappa shape index (κ2) is 14.3. The molecule has 0 aromatic heterocycles. The molecule has 54 heavy (non-hydrogen) atoms. The molecule has 0 saturated heterocycles. The summed E-state index contributed by atoms with van der Waals surface area (Å²) < 4.78 is 73.7. The monoisotopic (exact) mass is 748 g/mol. The summed E-state index contributed by atoms with van der Waals surface area (Å²) in [6.07, 6.45) is 2.50. The zero-order valence-corrected chi connectivity index (χ0v) is 30.8. The highest BCUT2D eigenvalue weighted by molar-refractivity contribution is 7.86. The zero-order chi connectivity index (χ0) is 37.5. The molecule has 0 spiro atoms. The highest BCUT2D eigenvalue weighted by Crippen LogP contribution is 2.48. The fourth-order valence-electron chi connectivity index (χ4n) is 7.40. The van der Waals surface area contributed by atoms with E-state index < -0.39 is 31.7 Å². The van der Waals surface area contributed by atoms with Gasteiger partial charge in [0.25, 0.3) is 0 Å². The maximum atomic E-state index is 15.7. The van der Waals surface area contributed by atoms with Crippen LogP contribution in [0, 0.1) is 17.5 Å². The van der Waals surface area contributed by atoms with E-state index in [-0.39, 0.29) is 0 Å². The zero-order valence-electron chi connectivity index (χ0n) is 29.0. The summed E-state index contributed by atoms with van der Waals surface area (Å²) in [5.74, 6) is -1.31. The van der Waals surface area contributed by atoms with Crippen molar-refractivity contribution in [3.63, 3.8) is 0 Å². The van der Waals surface area contributed by atoms with Crippen molar-refractivity contribution in [3.05, 3.63) is 206 Å². The van der Waals surface area contributed by atoms with Crippen LogP contribution in [0.15, 0.2) is 183 Å². The van der Waals surface area contributed by atoms with Crippen LogP contribution in [0.1, 0.15) is 5.56 Å². The van der Waals surface area contributed by atoms with Crippen molar-refractivity contribution in [1.82, 2.24) is 0 Å². The second-order valence-corrected chi connectivity index (χ2v) is 18.6. The standard InChI is InChI=1S/C47H33F3O2P2/c1-2-7-32-12-20-36(21-13-32)53(51,37-22-14-33(48)15-23-37)46-30-28-42(40-8-3-5-10-44(40)46)43-29-31-47(45-11-6-4-9-41(43)45)54(52,38-24-16-34(49)17-25-38)39-26-18-35(50)19-27-39/h2-6,8-31H,1,7H2. The van der Waals surface area contributed by atoms with E-state index in [9.17, 15) is 13.2 Å². The molecule has 8 rings (SSSR count). The minimum absolute atomic E-state index is 0.412. The Labute approximate surface area is 312 Å². The molecule has 264 valence electrons. The molecule has 0 bridgehead atoms. The van der Waals surface area contributed by atoms with E-state index in [2.05, 4.69) is 6.58 Å². The highest BCUT2D eigenvalue weighted by atomic mass is 31.2. The first kappa shape index (κ1) is 35.3. The summed E-state index contributed by atoms with van der Waals surface area (Å²) in [7, 11) is -7.16. The smallest absolute Gasteiger partial charge is 0.171 e. The minimum atomic E-state index is -3.63. The first-order chi connectivity index (χ1) is 26.2. The quantitative estimate of drug-likeness (QED) is 0.109. The highest BCUT2D eigenvalue weighted by Gasteiger charge is 2.34. The van der Waals surface area contributed by atoms with Crippen LogP contribution in [0.3, 0.4) is 0 Å². The normalized spacial score (nSPS) is 12.8. The van der Waals surface area contributed by atoms with Gasteiger partial charge in [-0.3, -0.25) is 0 Å². The topological polar surface area (TPSA) is 34.1 Å². The summed E-state index contributed by atoms with van der Waals surface area (Å²) in [4.78, 5) is 0. The molecule has 0 heterocycles. The summed E-state index contributed by atoms with van der Waals surface area (Å²) >= 11 is 0. The van der Waals surface area contributed by atoms with Gasteiger partial charge in [-0.15, -0.1) is 6.58 Å². The van der Waals surface area contributed by atoms with Gasteiger partial charge in [-0.2, -0.15) is 0 Å². The number of fused-ring (bicyclic) bond motifs is 2. The number of allylic oxidation sites excluding steroid dienone is 1. The van der Waals surface area contributed by atoms with Gasteiger partial charge in [0, 0.05) is 31.8 Å². The van der Waals surface area contributed by atoms with Gasteiger partial charge in [0.2, 0.25) is 0 Å². The van der Waals surface area contributed by atoms with Gasteiger partial charge < -0.3 is 9.13 Å². The molecule has 1 atom stereocenters. The van der Waals surface area contributed by atoms with Crippen molar-refractivity contribution in [1.29, 1.82) is 0 Å². The van der Waals surface area contributed by atoms with Crippen LogP contribution in [0.5, 0.6) is 0 Å². The summed E-state index contributed by atoms with van der Waals surface area (Å²) in [5.41, 5.74) is 2.79. The Kier molecular flexibility index (Phi) is 9.32. The molecule has 0 amide bonds. The lowest BCUT2D eigenvalue weighted by Crippen LogP contribution is -2.26. The van der Waals surface area contributed by atoms with Crippen LogP contribution in [0.25, 0.3) is 32.7 Å². The molecular weight excluding hydrogens is 715 g/mol. The summed E-state index contributed by atoms with van der Waals surface area (Å²) in [6.45, 7) is 3.84. The number of benzene rings is 8. The van der Waals surface area contributed by atoms with E-state index >= 15 is 9.13 Å². The molecule has 0 aliphatic heterocycles. The van der Waals surface area contributed by atoms with Gasteiger partial charge in [0.15, 0.2) is 14.3 Å². The van der Waals surface area contributed by atoms with Gasteiger partial charge in [-0.1, -0.05) is 91.0 Å². The van der Waals surface area contributed by atoms with Gasteiger partial charge in [0.05, 0.1) is 0 Å². The Balaban J connectivity index is 1.35. The van der Waals surface area contributed by atoms with E-state index in [1.165, 1.54) is 60.7 Å². The van der Waals surface area contributed by atoms with E-state index in [4.69, 9.17) is 0 Å². The van der Waals surface area contributed by atoms with Gasteiger partial charge >= 0.3 is 0 Å². The van der Waals surface area contributed by atoms with E-state index in [1.54, 1.807) is 12.1 Å². The molecule has 1 unspecified atom stereocenters. The first-order valence-corrected chi connectivity index (χ1v) is 20.9. The molecule has 8 aromatic carbocycles. The predicted molar refractivity (Wildman–Crippen MR) is 219 cm³/mol. The van der Waals surface area contributed by atoms with Crippen LogP contribution in [-0.4, -0.2) is 0 Å². The minimum Gasteiger partial charge on any atom is -0.309 e. The fourth-order valence-corrected chi connectivity index (χ4v) is 13.0. The largest absolute Gasteiger partial charge is 0.309 e. The molecule has 7 heteroatoms. The molecule has 0 radical (unpaired) electrons. The Morgan fingerprint density at radius 3 is 1.06 bits per heavy atom. The molecule has 0 N–H and O–H groups in total. The average molecular weight is 749 g/mol. The summed E-state index contributed by atoms with van der Waals surface area (Å²) in [6, 6.07) is 48.0. The maximum Gasteiger partial charge on any atom is 0.171 e. The van der Waals surface area contributed by atoms with Crippen molar-refractivity contribution >= 4 is 67.7 Å². The molecule has 0 fully saturated rings. The molecule has 0 aliphatic carbocycles. The Morgan fingerprint density at radius 2 is 0.722 bits per heavy atom. The van der Waals surface area contributed by atoms with E-state index in [0.29, 0.717) is 38.2 Å². The Bertz CT molecular complexity index is 2730. The number of rotatable bonds is 9. The lowest BCUT2D eigenvalue weighted by Gasteiger charge is -2.24. The van der Waals surface area contributed by atoms with Crippen LogP contribution >= 0.6 is 14.3 Å². The Morgan fingerprint density at radius 1 is 0.407 bits per heavy atom. The third-order valence-corrected chi connectivity index (χ3v) is 16.3. The van der Waals surface area contributed by atoms with Crippen LogP contribution in [0.2, 0.25) is 0 Å². The molecule has 8 aromatic rings. The van der Waals surface area contributed by atoms with Crippen LogP contribution in [-0.2, 0) is 15.6 Å². The number of halogens is 3. The maximum absolute atomic E-state index is 15.7. The second-order valence-electron chi connectivity index (χ2n) is 13.2. The number of hydrogen-bond acceptors (Lipinski definition) is 2. The predicted octanol–water partition coefficient (Wildman–Crippen LogP) is 10.1. The van der Waals surface area contributed by atoms with Crippen molar-refractivity contribution in [2.24, 2.45) is 0 Å².